The quantitative estimate of drug-likeness (QED) is 0.246. The molecular formula is C21H16BrN3O3S2. The van der Waals surface area contributed by atoms with Crippen LogP contribution in [-0.4, -0.2) is 31.3 Å². The van der Waals surface area contributed by atoms with E-state index in [2.05, 4.69) is 26.0 Å². The molecular weight excluding hydrogens is 486 g/mol. The number of hydrogen-bond donors (Lipinski definition) is 0. The van der Waals surface area contributed by atoms with Crippen LogP contribution in [0, 0.1) is 0 Å². The summed E-state index contributed by atoms with van der Waals surface area (Å²) in [6.45, 7) is 0. The summed E-state index contributed by atoms with van der Waals surface area (Å²) < 4.78 is 12.5. The lowest BCUT2D eigenvalue weighted by molar-refractivity contribution is 0.0987. The second-order valence-electron chi connectivity index (χ2n) is 6.09. The van der Waals surface area contributed by atoms with Crippen LogP contribution in [0.1, 0.15) is 15.2 Å². The van der Waals surface area contributed by atoms with Gasteiger partial charge in [0.1, 0.15) is 11.5 Å². The number of aromatic nitrogens is 1. The zero-order chi connectivity index (χ0) is 21.1. The number of benzene rings is 2. The van der Waals surface area contributed by atoms with Crippen molar-refractivity contribution in [3.8, 4) is 11.5 Å². The zero-order valence-corrected chi connectivity index (χ0v) is 19.3. The number of rotatable bonds is 6. The number of hydrogen-bond acceptors (Lipinski definition) is 7. The highest BCUT2D eigenvalue weighted by Crippen LogP contribution is 2.33. The van der Waals surface area contributed by atoms with E-state index in [9.17, 15) is 4.79 Å². The Balaban J connectivity index is 1.79. The predicted molar refractivity (Wildman–Crippen MR) is 126 cm³/mol. The fourth-order valence-corrected chi connectivity index (χ4v) is 4.75. The van der Waals surface area contributed by atoms with E-state index in [1.54, 1.807) is 38.6 Å². The summed E-state index contributed by atoms with van der Waals surface area (Å²) >= 11 is 6.40. The van der Waals surface area contributed by atoms with Gasteiger partial charge in [-0.3, -0.25) is 4.79 Å². The molecule has 4 rings (SSSR count). The number of fused-ring (bicyclic) bond motifs is 1. The predicted octanol–water partition coefficient (Wildman–Crippen LogP) is 5.82. The first-order chi connectivity index (χ1) is 14.6. The lowest BCUT2D eigenvalue weighted by Gasteiger charge is -2.15. The van der Waals surface area contributed by atoms with Gasteiger partial charge in [0.25, 0.3) is 5.91 Å². The van der Waals surface area contributed by atoms with Gasteiger partial charge in [0.15, 0.2) is 0 Å². The van der Waals surface area contributed by atoms with Crippen molar-refractivity contribution in [2.75, 3.05) is 19.2 Å². The van der Waals surface area contributed by atoms with Crippen LogP contribution >= 0.6 is 38.6 Å². The summed E-state index contributed by atoms with van der Waals surface area (Å²) in [7, 11) is 3.09. The highest BCUT2D eigenvalue weighted by molar-refractivity contribution is 9.10. The van der Waals surface area contributed by atoms with Crippen LogP contribution in [0.2, 0.25) is 0 Å². The van der Waals surface area contributed by atoms with Gasteiger partial charge in [-0.25, -0.2) is 4.98 Å². The van der Waals surface area contributed by atoms with Crippen molar-refractivity contribution in [1.29, 1.82) is 0 Å². The first kappa shape index (κ1) is 20.5. The number of nitrogens with zero attached hydrogens (tertiary/aromatic N) is 3. The molecule has 152 valence electrons. The summed E-state index contributed by atoms with van der Waals surface area (Å²) in [5, 5.41) is 8.21. The van der Waals surface area contributed by atoms with Crippen molar-refractivity contribution in [1.82, 2.24) is 4.98 Å². The number of thiazole rings is 1. The zero-order valence-electron chi connectivity index (χ0n) is 16.0. The summed E-state index contributed by atoms with van der Waals surface area (Å²) in [6, 6.07) is 14.7. The fraction of sp³-hybridized carbons (Fsp3) is 0.0952. The standard InChI is InChI=1S/C21H16BrN3O3S2/c1-27-15-8-13(9-16(11-15)28-2)20(26)25(23-12-17-4-3-7-29-17)21-24-18-6-5-14(22)10-19(18)30-21/h3-12H,1-2H3/b23-12+. The minimum Gasteiger partial charge on any atom is -0.497 e. The van der Waals surface area contributed by atoms with E-state index in [1.807, 2.05) is 35.7 Å². The number of hydrazone groups is 1. The molecule has 30 heavy (non-hydrogen) atoms. The Morgan fingerprint density at radius 3 is 2.57 bits per heavy atom. The smallest absolute Gasteiger partial charge is 0.281 e. The third-order valence-corrected chi connectivity index (χ3v) is 6.45. The van der Waals surface area contributed by atoms with Gasteiger partial charge in [0.2, 0.25) is 5.13 Å². The second kappa shape index (κ2) is 8.95. The molecule has 0 aliphatic rings. The Kier molecular flexibility index (Phi) is 6.12. The number of carbonyl (C=O) groups is 1. The Hall–Kier alpha value is -2.75. The fourth-order valence-electron chi connectivity index (χ4n) is 2.70. The first-order valence-corrected chi connectivity index (χ1v) is 11.3. The van der Waals surface area contributed by atoms with Crippen LogP contribution in [0.15, 0.2) is 63.5 Å². The molecule has 6 nitrogen and oxygen atoms in total. The monoisotopic (exact) mass is 501 g/mol. The SMILES string of the molecule is COc1cc(OC)cc(C(=O)N(/N=C/c2cccs2)c2nc3ccc(Br)cc3s2)c1. The van der Waals surface area contributed by atoms with Gasteiger partial charge >= 0.3 is 0 Å². The molecule has 4 aromatic rings. The van der Waals surface area contributed by atoms with Gasteiger partial charge in [-0.2, -0.15) is 10.1 Å². The topological polar surface area (TPSA) is 64.0 Å². The maximum Gasteiger partial charge on any atom is 0.281 e. The van der Waals surface area contributed by atoms with E-state index in [0.717, 1.165) is 19.6 Å². The molecule has 0 aliphatic carbocycles. The van der Waals surface area contributed by atoms with Crippen molar-refractivity contribution in [2.24, 2.45) is 5.10 Å². The van der Waals surface area contributed by atoms with Crippen LogP contribution in [0.4, 0.5) is 5.13 Å². The van der Waals surface area contributed by atoms with Crippen molar-refractivity contribution < 1.29 is 14.3 Å². The van der Waals surface area contributed by atoms with Gasteiger partial charge in [-0.05, 0) is 41.8 Å². The molecule has 0 spiro atoms. The Bertz CT molecular complexity index is 1200. The minimum absolute atomic E-state index is 0.335. The summed E-state index contributed by atoms with van der Waals surface area (Å²) in [6.07, 6.45) is 1.65. The van der Waals surface area contributed by atoms with Crippen LogP contribution in [-0.2, 0) is 0 Å². The second-order valence-corrected chi connectivity index (χ2v) is 8.99. The molecule has 0 atom stereocenters. The number of anilines is 1. The summed E-state index contributed by atoms with van der Waals surface area (Å²) in [4.78, 5) is 19.0. The number of halogens is 1. The highest BCUT2D eigenvalue weighted by atomic mass is 79.9. The van der Waals surface area contributed by atoms with Crippen molar-refractivity contribution in [2.45, 2.75) is 0 Å². The molecule has 9 heteroatoms. The van der Waals surface area contributed by atoms with Gasteiger partial charge in [-0.1, -0.05) is 33.3 Å². The van der Waals surface area contributed by atoms with E-state index in [1.165, 1.54) is 27.7 Å². The number of carbonyl (C=O) groups excluding carboxylic acids is 1. The Labute approximate surface area is 189 Å². The number of amides is 1. The van der Waals surface area contributed by atoms with Crippen molar-refractivity contribution >= 4 is 66.1 Å². The van der Waals surface area contributed by atoms with Gasteiger partial charge in [-0.15, -0.1) is 11.3 Å². The largest absolute Gasteiger partial charge is 0.497 e. The molecule has 2 heterocycles. The maximum absolute atomic E-state index is 13.4. The molecule has 0 saturated carbocycles. The number of thiophene rings is 1. The van der Waals surface area contributed by atoms with E-state index in [0.29, 0.717) is 22.2 Å². The molecule has 1 amide bonds. The van der Waals surface area contributed by atoms with Gasteiger partial charge in [0.05, 0.1) is 30.7 Å². The molecule has 0 fully saturated rings. The molecule has 0 unspecified atom stereocenters. The normalized spacial score (nSPS) is 11.2. The molecule has 2 aromatic carbocycles. The lowest BCUT2D eigenvalue weighted by Crippen LogP contribution is -2.25. The first-order valence-electron chi connectivity index (χ1n) is 8.78. The molecule has 0 saturated heterocycles. The van der Waals surface area contributed by atoms with Crippen LogP contribution in [0.5, 0.6) is 11.5 Å². The molecule has 0 radical (unpaired) electrons. The van der Waals surface area contributed by atoms with Crippen LogP contribution < -0.4 is 14.5 Å². The molecule has 0 bridgehead atoms. The van der Waals surface area contributed by atoms with E-state index >= 15 is 0 Å². The third-order valence-electron chi connectivity index (χ3n) is 4.15. The Morgan fingerprint density at radius 1 is 1.13 bits per heavy atom. The Morgan fingerprint density at radius 2 is 1.90 bits per heavy atom. The minimum atomic E-state index is -0.335. The molecule has 0 aliphatic heterocycles. The maximum atomic E-state index is 13.4. The molecule has 0 N–H and O–H groups in total. The third kappa shape index (κ3) is 4.38. The lowest BCUT2D eigenvalue weighted by atomic mass is 10.2. The van der Waals surface area contributed by atoms with Crippen LogP contribution in [0.3, 0.4) is 0 Å². The van der Waals surface area contributed by atoms with E-state index in [4.69, 9.17) is 9.47 Å². The van der Waals surface area contributed by atoms with Crippen molar-refractivity contribution in [3.63, 3.8) is 0 Å². The molecule has 2 aromatic heterocycles. The average Bonchev–Trinajstić information content (AvgIpc) is 3.42. The summed E-state index contributed by atoms with van der Waals surface area (Å²) in [5.41, 5.74) is 1.18. The average molecular weight is 502 g/mol. The van der Waals surface area contributed by atoms with Crippen molar-refractivity contribution in [3.05, 3.63) is 68.8 Å². The van der Waals surface area contributed by atoms with E-state index in [-0.39, 0.29) is 5.91 Å². The number of methoxy groups -OCH3 is 2. The summed E-state index contributed by atoms with van der Waals surface area (Å²) in [5.74, 6) is 0.708. The highest BCUT2D eigenvalue weighted by Gasteiger charge is 2.22. The number of ether oxygens (including phenoxy) is 2. The van der Waals surface area contributed by atoms with Gasteiger partial charge < -0.3 is 9.47 Å². The van der Waals surface area contributed by atoms with E-state index < -0.39 is 0 Å². The van der Waals surface area contributed by atoms with Gasteiger partial charge in [0, 0.05) is 21.0 Å². The van der Waals surface area contributed by atoms with Crippen LogP contribution in [0.25, 0.3) is 10.2 Å².